The van der Waals surface area contributed by atoms with Crippen LogP contribution in [0.5, 0.6) is 0 Å². The number of anilines is 1. The second-order valence-corrected chi connectivity index (χ2v) is 7.75. The van der Waals surface area contributed by atoms with Crippen LogP contribution in [0.2, 0.25) is 0 Å². The van der Waals surface area contributed by atoms with Gasteiger partial charge >= 0.3 is 6.03 Å². The maximum Gasteiger partial charge on any atom is 0.322 e. The SMILES string of the molecule is CC1(C)CC2CC(C)(CN2C(=O)Nc2ccccc2F)C1. The fraction of sp³-hybridized carbons (Fsp3) is 0.588. The Bertz CT molecular complexity index is 572. The Morgan fingerprint density at radius 1 is 1.29 bits per heavy atom. The Hall–Kier alpha value is -1.58. The van der Waals surface area contributed by atoms with Gasteiger partial charge in [-0.05, 0) is 42.2 Å². The first kappa shape index (κ1) is 14.4. The first-order valence-corrected chi connectivity index (χ1v) is 7.60. The van der Waals surface area contributed by atoms with E-state index < -0.39 is 0 Å². The molecule has 2 amide bonds. The van der Waals surface area contributed by atoms with Crippen molar-refractivity contribution in [2.45, 2.75) is 46.1 Å². The average Bonchev–Trinajstić information content (AvgIpc) is 2.61. The molecular formula is C17H23FN2O. The van der Waals surface area contributed by atoms with Crippen LogP contribution < -0.4 is 5.32 Å². The molecule has 114 valence electrons. The number of benzene rings is 1. The Labute approximate surface area is 125 Å². The van der Waals surface area contributed by atoms with Crippen molar-refractivity contribution in [3.8, 4) is 0 Å². The van der Waals surface area contributed by atoms with E-state index in [1.165, 1.54) is 6.07 Å². The highest BCUT2D eigenvalue weighted by atomic mass is 19.1. The van der Waals surface area contributed by atoms with Gasteiger partial charge in [0.25, 0.3) is 0 Å². The molecule has 2 bridgehead atoms. The van der Waals surface area contributed by atoms with Crippen molar-refractivity contribution in [3.63, 3.8) is 0 Å². The molecule has 0 radical (unpaired) electrons. The van der Waals surface area contributed by atoms with Gasteiger partial charge in [-0.3, -0.25) is 0 Å². The number of para-hydroxylation sites is 1. The molecule has 2 fully saturated rings. The zero-order valence-electron chi connectivity index (χ0n) is 12.9. The molecule has 1 N–H and O–H groups in total. The number of urea groups is 1. The molecule has 1 aliphatic carbocycles. The minimum Gasteiger partial charge on any atom is -0.321 e. The Morgan fingerprint density at radius 2 is 2.00 bits per heavy atom. The van der Waals surface area contributed by atoms with Crippen molar-refractivity contribution < 1.29 is 9.18 Å². The maximum absolute atomic E-state index is 13.7. The molecule has 0 aromatic heterocycles. The van der Waals surface area contributed by atoms with Crippen molar-refractivity contribution in [2.75, 3.05) is 11.9 Å². The highest BCUT2D eigenvalue weighted by molar-refractivity contribution is 5.90. The fourth-order valence-electron chi connectivity index (χ4n) is 4.45. The van der Waals surface area contributed by atoms with Crippen molar-refractivity contribution >= 4 is 11.7 Å². The monoisotopic (exact) mass is 290 g/mol. The number of hydrogen-bond acceptors (Lipinski definition) is 1. The normalized spacial score (nSPS) is 30.3. The summed E-state index contributed by atoms with van der Waals surface area (Å²) >= 11 is 0. The van der Waals surface area contributed by atoms with Crippen LogP contribution in [-0.2, 0) is 0 Å². The lowest BCUT2D eigenvalue weighted by Crippen LogP contribution is -2.40. The maximum atomic E-state index is 13.7. The smallest absolute Gasteiger partial charge is 0.321 e. The van der Waals surface area contributed by atoms with Gasteiger partial charge in [-0.25, -0.2) is 9.18 Å². The molecule has 0 spiro atoms. The zero-order chi connectivity index (χ0) is 15.3. The van der Waals surface area contributed by atoms with Gasteiger partial charge in [0.1, 0.15) is 5.82 Å². The standard InChI is InChI=1S/C17H23FN2O/c1-16(2)8-12-9-17(3,10-16)11-20(12)15(21)19-14-7-5-4-6-13(14)18/h4-7,12H,8-11H2,1-3H3,(H,19,21). The van der Waals surface area contributed by atoms with Crippen LogP contribution in [-0.4, -0.2) is 23.5 Å². The lowest BCUT2D eigenvalue weighted by Gasteiger charge is -2.39. The van der Waals surface area contributed by atoms with E-state index in [1.807, 2.05) is 4.90 Å². The molecular weight excluding hydrogens is 267 g/mol. The number of halogens is 1. The number of fused-ring (bicyclic) bond motifs is 2. The molecule has 1 aliphatic heterocycles. The zero-order valence-corrected chi connectivity index (χ0v) is 12.9. The van der Waals surface area contributed by atoms with Crippen LogP contribution in [0.3, 0.4) is 0 Å². The van der Waals surface area contributed by atoms with E-state index in [0.717, 1.165) is 25.8 Å². The van der Waals surface area contributed by atoms with Crippen molar-refractivity contribution in [2.24, 2.45) is 10.8 Å². The predicted molar refractivity (Wildman–Crippen MR) is 81.7 cm³/mol. The summed E-state index contributed by atoms with van der Waals surface area (Å²) in [6.45, 7) is 7.57. The predicted octanol–water partition coefficient (Wildman–Crippen LogP) is 4.26. The lowest BCUT2D eigenvalue weighted by molar-refractivity contribution is 0.130. The summed E-state index contributed by atoms with van der Waals surface area (Å²) in [5.41, 5.74) is 0.720. The quantitative estimate of drug-likeness (QED) is 0.823. The fourth-order valence-corrected chi connectivity index (χ4v) is 4.45. The molecule has 3 nitrogen and oxygen atoms in total. The van der Waals surface area contributed by atoms with E-state index in [2.05, 4.69) is 26.1 Å². The molecule has 2 aliphatic rings. The molecule has 3 rings (SSSR count). The number of nitrogens with one attached hydrogen (secondary N) is 1. The molecule has 1 heterocycles. The highest BCUT2D eigenvalue weighted by Gasteiger charge is 2.51. The number of carbonyl (C=O) groups is 1. The number of likely N-dealkylation sites (tertiary alicyclic amines) is 1. The van der Waals surface area contributed by atoms with Crippen LogP contribution in [0, 0.1) is 16.6 Å². The van der Waals surface area contributed by atoms with E-state index >= 15 is 0 Å². The molecule has 2 unspecified atom stereocenters. The molecule has 1 saturated heterocycles. The molecule has 2 atom stereocenters. The minimum atomic E-state index is -0.389. The van der Waals surface area contributed by atoms with Crippen LogP contribution in [0.15, 0.2) is 24.3 Å². The molecule has 4 heteroatoms. The second kappa shape index (κ2) is 4.72. The van der Waals surface area contributed by atoms with Gasteiger partial charge in [0.15, 0.2) is 0 Å². The number of amides is 2. The van der Waals surface area contributed by atoms with Gasteiger partial charge in [0.2, 0.25) is 0 Å². The first-order valence-electron chi connectivity index (χ1n) is 7.60. The topological polar surface area (TPSA) is 32.3 Å². The third-order valence-electron chi connectivity index (χ3n) is 4.79. The average molecular weight is 290 g/mol. The summed E-state index contributed by atoms with van der Waals surface area (Å²) in [4.78, 5) is 14.4. The number of rotatable bonds is 1. The number of nitrogens with zero attached hydrogens (tertiary/aromatic N) is 1. The van der Waals surface area contributed by atoms with Gasteiger partial charge in [0, 0.05) is 12.6 Å². The van der Waals surface area contributed by atoms with E-state index in [1.54, 1.807) is 18.2 Å². The van der Waals surface area contributed by atoms with E-state index in [0.29, 0.717) is 0 Å². The van der Waals surface area contributed by atoms with Crippen LogP contribution >= 0.6 is 0 Å². The van der Waals surface area contributed by atoms with Crippen molar-refractivity contribution in [1.82, 2.24) is 4.90 Å². The summed E-state index contributed by atoms with van der Waals surface area (Å²) < 4.78 is 13.7. The summed E-state index contributed by atoms with van der Waals surface area (Å²) in [6.07, 6.45) is 3.22. The van der Waals surface area contributed by atoms with Crippen molar-refractivity contribution in [3.05, 3.63) is 30.1 Å². The largest absolute Gasteiger partial charge is 0.322 e. The van der Waals surface area contributed by atoms with E-state index in [9.17, 15) is 9.18 Å². The number of hydrogen-bond donors (Lipinski definition) is 1. The molecule has 1 aromatic rings. The van der Waals surface area contributed by atoms with E-state index in [-0.39, 0.29) is 34.4 Å². The third-order valence-corrected chi connectivity index (χ3v) is 4.79. The van der Waals surface area contributed by atoms with Crippen LogP contribution in [0.1, 0.15) is 40.0 Å². The highest BCUT2D eigenvalue weighted by Crippen LogP contribution is 2.52. The molecule has 21 heavy (non-hydrogen) atoms. The summed E-state index contributed by atoms with van der Waals surface area (Å²) in [5, 5.41) is 2.72. The van der Waals surface area contributed by atoms with Crippen LogP contribution in [0.4, 0.5) is 14.9 Å². The van der Waals surface area contributed by atoms with Gasteiger partial charge in [-0.15, -0.1) is 0 Å². The van der Waals surface area contributed by atoms with Gasteiger partial charge in [-0.2, -0.15) is 0 Å². The third kappa shape index (κ3) is 2.76. The Morgan fingerprint density at radius 3 is 2.71 bits per heavy atom. The number of carbonyl (C=O) groups excluding carboxylic acids is 1. The van der Waals surface area contributed by atoms with Crippen LogP contribution in [0.25, 0.3) is 0 Å². The first-order chi connectivity index (χ1) is 9.78. The minimum absolute atomic E-state index is 0.175. The van der Waals surface area contributed by atoms with Gasteiger partial charge in [0.05, 0.1) is 5.69 Å². The summed E-state index contributed by atoms with van der Waals surface area (Å²) in [5.74, 6) is -0.389. The van der Waals surface area contributed by atoms with Gasteiger partial charge < -0.3 is 10.2 Å². The lowest BCUT2D eigenvalue weighted by atomic mass is 9.65. The Kier molecular flexibility index (Phi) is 3.23. The second-order valence-electron chi connectivity index (χ2n) is 7.75. The summed E-state index contributed by atoms with van der Waals surface area (Å²) in [6, 6.07) is 6.41. The van der Waals surface area contributed by atoms with Crippen molar-refractivity contribution in [1.29, 1.82) is 0 Å². The molecule has 1 saturated carbocycles. The van der Waals surface area contributed by atoms with Gasteiger partial charge in [-0.1, -0.05) is 32.9 Å². The molecule has 1 aromatic carbocycles. The summed E-state index contributed by atoms with van der Waals surface area (Å²) in [7, 11) is 0. The Balaban J connectivity index is 1.76. The van der Waals surface area contributed by atoms with E-state index in [4.69, 9.17) is 0 Å².